The predicted molar refractivity (Wildman–Crippen MR) is 84.2 cm³/mol. The fraction of sp³-hybridized carbons (Fsp3) is 0.250. The van der Waals surface area contributed by atoms with Gasteiger partial charge in [0.05, 0.1) is 0 Å². The lowest BCUT2D eigenvalue weighted by Gasteiger charge is -2.18. The molecule has 0 saturated carbocycles. The van der Waals surface area contributed by atoms with Gasteiger partial charge in [-0.2, -0.15) is 0 Å². The summed E-state index contributed by atoms with van der Waals surface area (Å²) in [5.41, 5.74) is 1.68. The maximum atomic E-state index is 11.9. The highest BCUT2D eigenvalue weighted by Gasteiger charge is 2.12. The number of benzene rings is 2. The lowest BCUT2D eigenvalue weighted by Crippen LogP contribution is -2.10. The summed E-state index contributed by atoms with van der Waals surface area (Å²) >= 11 is 2.32. The third-order valence-electron chi connectivity index (χ3n) is 2.50. The second-order valence-corrected chi connectivity index (χ2v) is 6.44. The highest BCUT2D eigenvalue weighted by atomic mass is 127. The van der Waals surface area contributed by atoms with Gasteiger partial charge in [-0.1, -0.05) is 39.0 Å². The minimum absolute atomic E-state index is 0.282. The van der Waals surface area contributed by atoms with Crippen LogP contribution >= 0.6 is 22.6 Å². The normalized spacial score (nSPS) is 10.6. The summed E-state index contributed by atoms with van der Waals surface area (Å²) in [6, 6.07) is 13.3. The van der Waals surface area contributed by atoms with Crippen LogP contribution < -0.4 is 0 Å². The van der Waals surface area contributed by atoms with Crippen molar-refractivity contribution >= 4 is 22.6 Å². The van der Waals surface area contributed by atoms with Gasteiger partial charge in [0, 0.05) is 9.64 Å². The Morgan fingerprint density at radius 3 is 1.63 bits per heavy atom. The van der Waals surface area contributed by atoms with E-state index in [0.717, 1.165) is 6.07 Å². The van der Waals surface area contributed by atoms with E-state index in [-0.39, 0.29) is 5.41 Å². The van der Waals surface area contributed by atoms with Crippen LogP contribution in [0, 0.1) is 15.2 Å². The van der Waals surface area contributed by atoms with E-state index in [1.165, 1.54) is 27.3 Å². The summed E-state index contributed by atoms with van der Waals surface area (Å²) in [6.07, 6.45) is 0. The first-order valence-corrected chi connectivity index (χ1v) is 7.04. The van der Waals surface area contributed by atoms with E-state index >= 15 is 0 Å². The van der Waals surface area contributed by atoms with E-state index in [0.29, 0.717) is 0 Å². The molecular formula is C16H17F2I. The Morgan fingerprint density at radius 2 is 1.32 bits per heavy atom. The van der Waals surface area contributed by atoms with E-state index in [2.05, 4.69) is 67.6 Å². The molecule has 2 aromatic rings. The van der Waals surface area contributed by atoms with Gasteiger partial charge in [0.15, 0.2) is 0 Å². The number of hydrogen-bond donors (Lipinski definition) is 0. The van der Waals surface area contributed by atoms with Crippen molar-refractivity contribution in [1.29, 1.82) is 0 Å². The van der Waals surface area contributed by atoms with E-state index in [1.807, 2.05) is 0 Å². The average molecular weight is 374 g/mol. The largest absolute Gasteiger partial charge is 0.207 e. The standard InChI is InChI=1S/C10H13I.C6H4F2/c1-10(2,3)8-4-6-9(11)7-5-8;7-5-2-1-3-6(8)4-5/h4-7H,1-3H3;1-4H. The van der Waals surface area contributed by atoms with Gasteiger partial charge in [-0.3, -0.25) is 0 Å². The topological polar surface area (TPSA) is 0 Å². The molecule has 0 heterocycles. The molecule has 2 aromatic carbocycles. The van der Waals surface area contributed by atoms with Gasteiger partial charge in [0.1, 0.15) is 11.6 Å². The van der Waals surface area contributed by atoms with Gasteiger partial charge < -0.3 is 0 Å². The summed E-state index contributed by atoms with van der Waals surface area (Å²) < 4.78 is 25.2. The van der Waals surface area contributed by atoms with E-state index in [4.69, 9.17) is 0 Å². The molecule has 0 spiro atoms. The van der Waals surface area contributed by atoms with Crippen molar-refractivity contribution in [2.24, 2.45) is 0 Å². The Bertz CT molecular complexity index is 496. The highest BCUT2D eigenvalue weighted by molar-refractivity contribution is 14.1. The van der Waals surface area contributed by atoms with Gasteiger partial charge >= 0.3 is 0 Å². The zero-order valence-corrected chi connectivity index (χ0v) is 13.4. The van der Waals surface area contributed by atoms with Crippen molar-refractivity contribution in [3.63, 3.8) is 0 Å². The van der Waals surface area contributed by atoms with Gasteiger partial charge in [-0.05, 0) is 57.8 Å². The van der Waals surface area contributed by atoms with Crippen molar-refractivity contribution < 1.29 is 8.78 Å². The van der Waals surface area contributed by atoms with Gasteiger partial charge in [0.2, 0.25) is 0 Å². The highest BCUT2D eigenvalue weighted by Crippen LogP contribution is 2.22. The number of hydrogen-bond acceptors (Lipinski definition) is 0. The van der Waals surface area contributed by atoms with Crippen LogP contribution in [0.3, 0.4) is 0 Å². The zero-order valence-electron chi connectivity index (χ0n) is 11.3. The second kappa shape index (κ2) is 6.98. The molecule has 0 saturated heterocycles. The zero-order chi connectivity index (χ0) is 14.5. The molecule has 0 aliphatic carbocycles. The SMILES string of the molecule is CC(C)(C)c1ccc(I)cc1.Fc1cccc(F)c1. The summed E-state index contributed by atoms with van der Waals surface area (Å²) in [7, 11) is 0. The van der Waals surface area contributed by atoms with Crippen LogP contribution in [-0.2, 0) is 5.41 Å². The first kappa shape index (κ1) is 16.1. The molecule has 0 aliphatic rings. The minimum Gasteiger partial charge on any atom is -0.207 e. The van der Waals surface area contributed by atoms with Crippen molar-refractivity contribution in [2.45, 2.75) is 26.2 Å². The molecule has 0 bridgehead atoms. The Hall–Kier alpha value is -0.970. The van der Waals surface area contributed by atoms with Crippen LogP contribution in [0.25, 0.3) is 0 Å². The van der Waals surface area contributed by atoms with Crippen LogP contribution in [0.2, 0.25) is 0 Å². The lowest BCUT2D eigenvalue weighted by molar-refractivity contribution is 0.583. The molecule has 0 nitrogen and oxygen atoms in total. The molecule has 0 atom stereocenters. The van der Waals surface area contributed by atoms with Gasteiger partial charge in [-0.15, -0.1) is 0 Å². The molecule has 0 radical (unpaired) electrons. The second-order valence-electron chi connectivity index (χ2n) is 5.20. The summed E-state index contributed by atoms with van der Waals surface area (Å²) in [5, 5.41) is 0. The molecule has 0 fully saturated rings. The molecule has 3 heteroatoms. The summed E-state index contributed by atoms with van der Waals surface area (Å²) in [6.45, 7) is 6.69. The maximum absolute atomic E-state index is 11.9. The van der Waals surface area contributed by atoms with Crippen molar-refractivity contribution in [3.8, 4) is 0 Å². The molecule has 0 amide bonds. The molecule has 0 N–H and O–H groups in total. The van der Waals surface area contributed by atoms with E-state index < -0.39 is 11.6 Å². The Kier molecular flexibility index (Phi) is 5.91. The van der Waals surface area contributed by atoms with E-state index in [1.54, 1.807) is 0 Å². The molecule has 19 heavy (non-hydrogen) atoms. The van der Waals surface area contributed by atoms with Crippen molar-refractivity contribution in [2.75, 3.05) is 0 Å². The summed E-state index contributed by atoms with van der Waals surface area (Å²) in [5.74, 6) is -1.07. The maximum Gasteiger partial charge on any atom is 0.126 e. The molecule has 2 rings (SSSR count). The number of rotatable bonds is 0. The molecule has 0 unspecified atom stereocenters. The van der Waals surface area contributed by atoms with Crippen LogP contribution in [0.5, 0.6) is 0 Å². The summed E-state index contributed by atoms with van der Waals surface area (Å²) in [4.78, 5) is 0. The third-order valence-corrected chi connectivity index (χ3v) is 3.22. The van der Waals surface area contributed by atoms with Crippen LogP contribution in [-0.4, -0.2) is 0 Å². The lowest BCUT2D eigenvalue weighted by atomic mass is 9.87. The van der Waals surface area contributed by atoms with Gasteiger partial charge in [-0.25, -0.2) is 8.78 Å². The molecule has 0 aromatic heterocycles. The van der Waals surface area contributed by atoms with Crippen molar-refractivity contribution in [1.82, 2.24) is 0 Å². The Balaban J connectivity index is 0.000000200. The van der Waals surface area contributed by atoms with Crippen LogP contribution in [0.1, 0.15) is 26.3 Å². The first-order chi connectivity index (χ1) is 8.79. The molecular weight excluding hydrogens is 357 g/mol. The monoisotopic (exact) mass is 374 g/mol. The predicted octanol–water partition coefficient (Wildman–Crippen LogP) is 5.55. The van der Waals surface area contributed by atoms with Gasteiger partial charge in [0.25, 0.3) is 0 Å². The smallest absolute Gasteiger partial charge is 0.126 e. The first-order valence-electron chi connectivity index (χ1n) is 5.96. The fourth-order valence-electron chi connectivity index (χ4n) is 1.41. The quantitative estimate of drug-likeness (QED) is 0.530. The Morgan fingerprint density at radius 1 is 0.842 bits per heavy atom. The Labute approximate surface area is 127 Å². The van der Waals surface area contributed by atoms with Crippen LogP contribution in [0.4, 0.5) is 8.78 Å². The van der Waals surface area contributed by atoms with Crippen molar-refractivity contribution in [3.05, 3.63) is 69.3 Å². The minimum atomic E-state index is -0.537. The fourth-order valence-corrected chi connectivity index (χ4v) is 1.77. The molecule has 102 valence electrons. The third kappa shape index (κ3) is 6.14. The number of halogens is 3. The molecule has 0 aliphatic heterocycles. The van der Waals surface area contributed by atoms with Crippen LogP contribution in [0.15, 0.2) is 48.5 Å². The average Bonchev–Trinajstić information content (AvgIpc) is 2.28. The van der Waals surface area contributed by atoms with E-state index in [9.17, 15) is 8.78 Å².